The van der Waals surface area contributed by atoms with Gasteiger partial charge in [0.2, 0.25) is 0 Å². The van der Waals surface area contributed by atoms with Crippen molar-refractivity contribution in [3.8, 4) is 0 Å². The van der Waals surface area contributed by atoms with E-state index in [2.05, 4.69) is 13.0 Å². The van der Waals surface area contributed by atoms with E-state index < -0.39 is 0 Å². The summed E-state index contributed by atoms with van der Waals surface area (Å²) >= 11 is 1.68. The minimum absolute atomic E-state index is 0.368. The third-order valence-corrected chi connectivity index (χ3v) is 2.63. The summed E-state index contributed by atoms with van der Waals surface area (Å²) in [6, 6.07) is 6.13. The fourth-order valence-corrected chi connectivity index (χ4v) is 1.94. The van der Waals surface area contributed by atoms with Gasteiger partial charge in [-0.05, 0) is 37.3 Å². The van der Waals surface area contributed by atoms with Crippen LogP contribution < -0.4 is 0 Å². The van der Waals surface area contributed by atoms with E-state index >= 15 is 0 Å². The molecule has 0 bridgehead atoms. The van der Waals surface area contributed by atoms with Crippen LogP contribution in [0.5, 0.6) is 0 Å². The standard InChI is InChI=1S/C10H14OS/c1-7-4-5-9(8(2)11)10(6-7)12-3/h4-6,8,11H,1-3H3. The zero-order valence-corrected chi connectivity index (χ0v) is 8.48. The van der Waals surface area contributed by atoms with Crippen molar-refractivity contribution in [3.05, 3.63) is 29.3 Å². The highest BCUT2D eigenvalue weighted by Crippen LogP contribution is 2.26. The zero-order chi connectivity index (χ0) is 9.14. The van der Waals surface area contributed by atoms with Crippen molar-refractivity contribution in [3.63, 3.8) is 0 Å². The third-order valence-electron chi connectivity index (χ3n) is 1.84. The molecule has 12 heavy (non-hydrogen) atoms. The Labute approximate surface area is 77.8 Å². The number of aryl methyl sites for hydroxylation is 1. The van der Waals surface area contributed by atoms with Crippen LogP contribution in [0, 0.1) is 6.92 Å². The van der Waals surface area contributed by atoms with Crippen molar-refractivity contribution in [1.29, 1.82) is 0 Å². The summed E-state index contributed by atoms with van der Waals surface area (Å²) in [7, 11) is 0. The normalized spacial score (nSPS) is 13.0. The summed E-state index contributed by atoms with van der Waals surface area (Å²) in [5.74, 6) is 0. The highest BCUT2D eigenvalue weighted by Gasteiger charge is 2.06. The first-order chi connectivity index (χ1) is 5.65. The van der Waals surface area contributed by atoms with Crippen LogP contribution in [0.1, 0.15) is 24.2 Å². The molecule has 0 heterocycles. The van der Waals surface area contributed by atoms with Crippen LogP contribution in [0.25, 0.3) is 0 Å². The van der Waals surface area contributed by atoms with Crippen LogP contribution >= 0.6 is 11.8 Å². The van der Waals surface area contributed by atoms with Gasteiger partial charge in [-0.1, -0.05) is 12.1 Å². The van der Waals surface area contributed by atoms with Crippen LogP contribution in [-0.2, 0) is 0 Å². The maximum Gasteiger partial charge on any atom is 0.0772 e. The molecule has 0 aromatic heterocycles. The van der Waals surface area contributed by atoms with Gasteiger partial charge < -0.3 is 5.11 Å². The predicted octanol–water partition coefficient (Wildman–Crippen LogP) is 2.77. The lowest BCUT2D eigenvalue weighted by Crippen LogP contribution is -1.93. The van der Waals surface area contributed by atoms with Crippen molar-refractivity contribution in [1.82, 2.24) is 0 Å². The Morgan fingerprint density at radius 1 is 1.42 bits per heavy atom. The third kappa shape index (κ3) is 2.02. The number of thioether (sulfide) groups is 1. The molecular weight excluding hydrogens is 168 g/mol. The minimum Gasteiger partial charge on any atom is -0.389 e. The largest absolute Gasteiger partial charge is 0.389 e. The van der Waals surface area contributed by atoms with Gasteiger partial charge in [0.15, 0.2) is 0 Å². The number of hydrogen-bond acceptors (Lipinski definition) is 2. The Hall–Kier alpha value is -0.470. The van der Waals surface area contributed by atoms with E-state index in [1.54, 1.807) is 18.7 Å². The van der Waals surface area contributed by atoms with Gasteiger partial charge in [0.05, 0.1) is 6.10 Å². The number of rotatable bonds is 2. The van der Waals surface area contributed by atoms with Gasteiger partial charge in [0.25, 0.3) is 0 Å². The summed E-state index contributed by atoms with van der Waals surface area (Å²) in [5, 5.41) is 9.41. The molecule has 0 amide bonds. The molecule has 0 fully saturated rings. The first kappa shape index (κ1) is 9.62. The quantitative estimate of drug-likeness (QED) is 0.710. The van der Waals surface area contributed by atoms with Crippen LogP contribution in [0.15, 0.2) is 23.1 Å². The van der Waals surface area contributed by atoms with E-state index in [1.165, 1.54) is 10.5 Å². The van der Waals surface area contributed by atoms with Crippen LogP contribution in [0.4, 0.5) is 0 Å². The van der Waals surface area contributed by atoms with Crippen molar-refractivity contribution >= 4 is 11.8 Å². The van der Waals surface area contributed by atoms with Gasteiger partial charge in [-0.3, -0.25) is 0 Å². The van der Waals surface area contributed by atoms with Gasteiger partial charge in [-0.15, -0.1) is 11.8 Å². The second-order valence-electron chi connectivity index (χ2n) is 2.92. The molecule has 0 saturated carbocycles. The second kappa shape index (κ2) is 3.97. The molecule has 1 atom stereocenters. The summed E-state index contributed by atoms with van der Waals surface area (Å²) in [4.78, 5) is 1.17. The molecule has 2 heteroatoms. The fraction of sp³-hybridized carbons (Fsp3) is 0.400. The Balaban J connectivity index is 3.11. The molecular formula is C10H14OS. The Morgan fingerprint density at radius 2 is 2.08 bits per heavy atom. The number of benzene rings is 1. The molecule has 1 aromatic carbocycles. The van der Waals surface area contributed by atoms with E-state index in [9.17, 15) is 5.11 Å². The monoisotopic (exact) mass is 182 g/mol. The number of aliphatic hydroxyl groups excluding tert-OH is 1. The smallest absolute Gasteiger partial charge is 0.0772 e. The SMILES string of the molecule is CSc1cc(C)ccc1C(C)O. The molecule has 0 spiro atoms. The maximum atomic E-state index is 9.41. The van der Waals surface area contributed by atoms with Gasteiger partial charge in [-0.25, -0.2) is 0 Å². The summed E-state index contributed by atoms with van der Waals surface area (Å²) in [5.41, 5.74) is 2.26. The number of aliphatic hydroxyl groups is 1. The van der Waals surface area contributed by atoms with Crippen LogP contribution in [0.2, 0.25) is 0 Å². The lowest BCUT2D eigenvalue weighted by atomic mass is 10.1. The van der Waals surface area contributed by atoms with E-state index in [-0.39, 0.29) is 6.10 Å². The van der Waals surface area contributed by atoms with Gasteiger partial charge >= 0.3 is 0 Å². The molecule has 0 aliphatic carbocycles. The first-order valence-corrected chi connectivity index (χ1v) is 5.20. The zero-order valence-electron chi connectivity index (χ0n) is 7.66. The molecule has 0 saturated heterocycles. The molecule has 0 radical (unpaired) electrons. The average molecular weight is 182 g/mol. The second-order valence-corrected chi connectivity index (χ2v) is 3.77. The van der Waals surface area contributed by atoms with Crippen molar-refractivity contribution in [2.45, 2.75) is 24.8 Å². The van der Waals surface area contributed by atoms with Crippen molar-refractivity contribution in [2.75, 3.05) is 6.26 Å². The summed E-state index contributed by atoms with van der Waals surface area (Å²) in [6.07, 6.45) is 1.66. The Kier molecular flexibility index (Phi) is 3.18. The van der Waals surface area contributed by atoms with Gasteiger partial charge in [0.1, 0.15) is 0 Å². The molecule has 66 valence electrons. The van der Waals surface area contributed by atoms with Crippen LogP contribution in [-0.4, -0.2) is 11.4 Å². The van der Waals surface area contributed by atoms with Gasteiger partial charge in [-0.2, -0.15) is 0 Å². The lowest BCUT2D eigenvalue weighted by Gasteiger charge is -2.10. The van der Waals surface area contributed by atoms with Crippen molar-refractivity contribution in [2.24, 2.45) is 0 Å². The molecule has 1 N–H and O–H groups in total. The van der Waals surface area contributed by atoms with Crippen molar-refractivity contribution < 1.29 is 5.11 Å². The van der Waals surface area contributed by atoms with E-state index in [0.717, 1.165) is 5.56 Å². The molecule has 1 unspecified atom stereocenters. The molecule has 1 aromatic rings. The predicted molar refractivity (Wildman–Crippen MR) is 53.6 cm³/mol. The van der Waals surface area contributed by atoms with E-state index in [1.807, 2.05) is 18.4 Å². The van der Waals surface area contributed by atoms with E-state index in [0.29, 0.717) is 0 Å². The highest BCUT2D eigenvalue weighted by atomic mass is 32.2. The van der Waals surface area contributed by atoms with Crippen LogP contribution in [0.3, 0.4) is 0 Å². The minimum atomic E-state index is -0.368. The highest BCUT2D eigenvalue weighted by molar-refractivity contribution is 7.98. The fourth-order valence-electron chi connectivity index (χ4n) is 1.16. The lowest BCUT2D eigenvalue weighted by molar-refractivity contribution is 0.196. The molecule has 1 rings (SSSR count). The molecule has 1 nitrogen and oxygen atoms in total. The average Bonchev–Trinajstić information content (AvgIpc) is 2.03. The first-order valence-electron chi connectivity index (χ1n) is 3.97. The maximum absolute atomic E-state index is 9.41. The molecule has 0 aliphatic heterocycles. The summed E-state index contributed by atoms with van der Waals surface area (Å²) in [6.45, 7) is 3.86. The van der Waals surface area contributed by atoms with E-state index in [4.69, 9.17) is 0 Å². The Morgan fingerprint density at radius 3 is 2.58 bits per heavy atom. The molecule has 0 aliphatic rings. The number of hydrogen-bond donors (Lipinski definition) is 1. The van der Waals surface area contributed by atoms with Gasteiger partial charge in [0, 0.05) is 4.90 Å². The summed E-state index contributed by atoms with van der Waals surface area (Å²) < 4.78 is 0. The topological polar surface area (TPSA) is 20.2 Å². The Bertz CT molecular complexity index is 269.